The van der Waals surface area contributed by atoms with Crippen LogP contribution < -0.4 is 4.90 Å². The lowest BCUT2D eigenvalue weighted by Gasteiger charge is -2.39. The van der Waals surface area contributed by atoms with Crippen molar-refractivity contribution in [2.24, 2.45) is 17.8 Å². The molecular weight excluding hydrogens is 470 g/mol. The zero-order valence-corrected chi connectivity index (χ0v) is 20.8. The van der Waals surface area contributed by atoms with Gasteiger partial charge in [0.15, 0.2) is 0 Å². The fraction of sp³-hybridized carbons (Fsp3) is 0.500. The molecule has 4 heterocycles. The van der Waals surface area contributed by atoms with E-state index in [0.717, 1.165) is 0 Å². The van der Waals surface area contributed by atoms with Gasteiger partial charge in [-0.15, -0.1) is 0 Å². The van der Waals surface area contributed by atoms with Gasteiger partial charge in [-0.25, -0.2) is 0 Å². The Morgan fingerprint density at radius 1 is 1.09 bits per heavy atom. The van der Waals surface area contributed by atoms with Crippen molar-refractivity contribution in [1.29, 1.82) is 0 Å². The van der Waals surface area contributed by atoms with E-state index in [9.17, 15) is 19.5 Å². The summed E-state index contributed by atoms with van der Waals surface area (Å²) < 4.78 is 6.57. The van der Waals surface area contributed by atoms with Gasteiger partial charge in [0.25, 0.3) is 5.91 Å². The molecule has 3 amide bonds. The van der Waals surface area contributed by atoms with Crippen LogP contribution in [0.1, 0.15) is 13.8 Å². The van der Waals surface area contributed by atoms with Crippen LogP contribution in [0.15, 0.2) is 48.6 Å². The molecule has 35 heavy (non-hydrogen) atoms. The van der Waals surface area contributed by atoms with Gasteiger partial charge in [-0.3, -0.25) is 14.4 Å². The predicted molar refractivity (Wildman–Crippen MR) is 131 cm³/mol. The number of halogens is 1. The highest BCUT2D eigenvalue weighted by molar-refractivity contribution is 6.30. The third kappa shape index (κ3) is 3.53. The molecule has 1 aromatic rings. The molecule has 1 aromatic carbocycles. The van der Waals surface area contributed by atoms with Crippen LogP contribution in [-0.2, 0) is 19.1 Å². The number of amides is 3. The fourth-order valence-electron chi connectivity index (χ4n) is 6.03. The first kappa shape index (κ1) is 24.0. The van der Waals surface area contributed by atoms with Gasteiger partial charge in [0.1, 0.15) is 11.6 Å². The highest BCUT2D eigenvalue weighted by atomic mass is 35.5. The minimum atomic E-state index is -1.31. The Bertz CT molecular complexity index is 1100. The minimum Gasteiger partial charge on any atom is -0.394 e. The van der Waals surface area contributed by atoms with E-state index in [1.807, 2.05) is 32.1 Å². The normalized spacial score (nSPS) is 33.1. The van der Waals surface area contributed by atoms with Crippen molar-refractivity contribution >= 4 is 35.0 Å². The molecule has 8 nitrogen and oxygen atoms in total. The Kier molecular flexibility index (Phi) is 6.02. The maximum atomic E-state index is 14.3. The number of nitrogens with zero attached hydrogens (tertiary/aromatic N) is 3. The third-order valence-corrected chi connectivity index (χ3v) is 8.00. The molecule has 1 spiro atoms. The highest BCUT2D eigenvalue weighted by Crippen LogP contribution is 2.54. The number of carbonyl (C=O) groups is 3. The zero-order valence-electron chi connectivity index (χ0n) is 20.0. The number of anilines is 1. The average Bonchev–Trinajstić information content (AvgIpc) is 3.14. The standard InChI is InChI=1S/C26H30ClN3O5/c1-15(2)18(14-31)30-22-25(34)29(17-9-7-16(27)8-10-17)13-5-11-26(22)21(24(30)33)20-19(35-26)6-4-12-28(3)23(20)32/h4-11,15,18-22,31H,12-14H2,1-3H3/t18-,19+,20-,21-,22?,26-/m0/s1. The molecule has 5 rings (SSSR count). The molecular formula is C26H30ClN3O5. The Balaban J connectivity index is 1.66. The Morgan fingerprint density at radius 2 is 1.80 bits per heavy atom. The van der Waals surface area contributed by atoms with Crippen molar-refractivity contribution in [1.82, 2.24) is 9.80 Å². The quantitative estimate of drug-likeness (QED) is 0.639. The largest absolute Gasteiger partial charge is 0.394 e. The first-order valence-corrected chi connectivity index (χ1v) is 12.4. The molecule has 9 heteroatoms. The average molecular weight is 500 g/mol. The van der Waals surface area contributed by atoms with E-state index in [2.05, 4.69) is 0 Å². The summed E-state index contributed by atoms with van der Waals surface area (Å²) in [5.41, 5.74) is -0.671. The van der Waals surface area contributed by atoms with Crippen molar-refractivity contribution in [3.8, 4) is 0 Å². The number of ether oxygens (including phenoxy) is 1. The summed E-state index contributed by atoms with van der Waals surface area (Å²) in [6.07, 6.45) is 6.73. The van der Waals surface area contributed by atoms with Crippen LogP contribution in [0.3, 0.4) is 0 Å². The second-order valence-corrected chi connectivity index (χ2v) is 10.5. The van der Waals surface area contributed by atoms with E-state index in [4.69, 9.17) is 16.3 Å². The molecule has 4 aliphatic heterocycles. The third-order valence-electron chi connectivity index (χ3n) is 7.75. The molecule has 1 unspecified atom stereocenters. The van der Waals surface area contributed by atoms with E-state index in [0.29, 0.717) is 17.3 Å². The Labute approximate surface area is 209 Å². The molecule has 0 aliphatic carbocycles. The van der Waals surface area contributed by atoms with Gasteiger partial charge in [0.05, 0.1) is 30.6 Å². The van der Waals surface area contributed by atoms with Crippen molar-refractivity contribution in [2.45, 2.75) is 37.6 Å². The summed E-state index contributed by atoms with van der Waals surface area (Å²) in [6, 6.07) is 5.32. The van der Waals surface area contributed by atoms with Gasteiger partial charge >= 0.3 is 0 Å². The smallest absolute Gasteiger partial charge is 0.253 e. The second-order valence-electron chi connectivity index (χ2n) is 10.1. The molecule has 1 N–H and O–H groups in total. The summed E-state index contributed by atoms with van der Waals surface area (Å²) in [5.74, 6) is -2.55. The minimum absolute atomic E-state index is 0.118. The molecule has 4 aliphatic rings. The highest BCUT2D eigenvalue weighted by Gasteiger charge is 2.72. The molecule has 0 saturated carbocycles. The topological polar surface area (TPSA) is 90.4 Å². The molecule has 0 aromatic heterocycles. The lowest BCUT2D eigenvalue weighted by molar-refractivity contribution is -0.147. The van der Waals surface area contributed by atoms with Crippen molar-refractivity contribution in [3.05, 3.63) is 53.6 Å². The van der Waals surface area contributed by atoms with Crippen LogP contribution in [0.25, 0.3) is 0 Å². The maximum Gasteiger partial charge on any atom is 0.253 e. The first-order valence-electron chi connectivity index (χ1n) is 12.0. The predicted octanol–water partition coefficient (Wildman–Crippen LogP) is 1.87. The van der Waals surface area contributed by atoms with Crippen molar-refractivity contribution < 1.29 is 24.2 Å². The zero-order chi connectivity index (χ0) is 25.1. The monoisotopic (exact) mass is 499 g/mol. The number of hydrogen-bond acceptors (Lipinski definition) is 5. The van der Waals surface area contributed by atoms with Gasteiger partial charge in [0.2, 0.25) is 11.8 Å². The number of rotatable bonds is 4. The lowest BCUT2D eigenvalue weighted by Crippen LogP contribution is -2.59. The molecule has 0 bridgehead atoms. The van der Waals surface area contributed by atoms with Crippen LogP contribution in [0.5, 0.6) is 0 Å². The maximum absolute atomic E-state index is 14.3. The molecule has 6 atom stereocenters. The Morgan fingerprint density at radius 3 is 2.46 bits per heavy atom. The Hall–Kier alpha value is -2.68. The van der Waals surface area contributed by atoms with Gasteiger partial charge in [-0.05, 0) is 30.2 Å². The number of aliphatic hydroxyl groups excluding tert-OH is 1. The number of likely N-dealkylation sites (N-methyl/N-ethyl adjacent to an activating group) is 1. The van der Waals surface area contributed by atoms with Gasteiger partial charge in [-0.1, -0.05) is 49.8 Å². The number of carbonyl (C=O) groups excluding carboxylic acids is 3. The van der Waals surface area contributed by atoms with Gasteiger partial charge < -0.3 is 24.5 Å². The summed E-state index contributed by atoms with van der Waals surface area (Å²) in [7, 11) is 1.70. The number of likely N-dealkylation sites (tertiary alicyclic amines) is 1. The van der Waals surface area contributed by atoms with E-state index < -0.39 is 35.6 Å². The molecule has 2 fully saturated rings. The molecule has 0 radical (unpaired) electrons. The van der Waals surface area contributed by atoms with Crippen LogP contribution in [-0.4, -0.2) is 83.2 Å². The van der Waals surface area contributed by atoms with Gasteiger partial charge in [-0.2, -0.15) is 0 Å². The van der Waals surface area contributed by atoms with E-state index >= 15 is 0 Å². The lowest BCUT2D eigenvalue weighted by atomic mass is 9.77. The molecule has 186 valence electrons. The first-order chi connectivity index (χ1) is 16.7. The van der Waals surface area contributed by atoms with E-state index in [1.54, 1.807) is 47.2 Å². The van der Waals surface area contributed by atoms with Crippen LogP contribution in [0.4, 0.5) is 5.69 Å². The SMILES string of the molecule is CC(C)[C@H](CO)N1C(=O)[C@@H]2[C@H]3C(=O)N(C)CC=C[C@H]3O[C@@]23C=CCN(c2ccc(Cl)cc2)C(=O)C13. The summed E-state index contributed by atoms with van der Waals surface area (Å²) in [5, 5.41) is 10.8. The number of aliphatic hydroxyl groups is 1. The van der Waals surface area contributed by atoms with Crippen molar-refractivity contribution in [2.75, 3.05) is 31.6 Å². The second kappa shape index (κ2) is 8.76. The van der Waals surface area contributed by atoms with E-state index in [-0.39, 0.29) is 36.8 Å². The molecule has 2 saturated heterocycles. The summed E-state index contributed by atoms with van der Waals surface area (Å²) in [6.45, 7) is 4.21. The fourth-order valence-corrected chi connectivity index (χ4v) is 6.16. The summed E-state index contributed by atoms with van der Waals surface area (Å²) in [4.78, 5) is 46.5. The van der Waals surface area contributed by atoms with Crippen LogP contribution in [0, 0.1) is 17.8 Å². The van der Waals surface area contributed by atoms with Crippen LogP contribution in [0.2, 0.25) is 5.02 Å². The van der Waals surface area contributed by atoms with Gasteiger partial charge in [0, 0.05) is 30.8 Å². The van der Waals surface area contributed by atoms with Crippen molar-refractivity contribution in [3.63, 3.8) is 0 Å². The van der Waals surface area contributed by atoms with E-state index in [1.165, 1.54) is 4.90 Å². The van der Waals surface area contributed by atoms with Crippen LogP contribution >= 0.6 is 11.6 Å². The number of fused-ring (bicyclic) bond motifs is 2. The summed E-state index contributed by atoms with van der Waals surface area (Å²) >= 11 is 6.07. The number of benzene rings is 1. The number of hydrogen-bond donors (Lipinski definition) is 1.